The monoisotopic (exact) mass is 553 g/mol. The van der Waals surface area contributed by atoms with E-state index in [1.165, 1.54) is 6.07 Å². The molecule has 0 aliphatic rings. The van der Waals surface area contributed by atoms with Crippen LogP contribution in [0.1, 0.15) is 16.1 Å². The molecular formula is C22H16BrN7O4S. The number of aromatic nitrogens is 5. The second kappa shape index (κ2) is 9.27. The molecule has 11 nitrogen and oxygen atoms in total. The number of carbonyl (C=O) groups is 1. The lowest BCUT2D eigenvalue weighted by Gasteiger charge is -2.09. The highest BCUT2D eigenvalue weighted by atomic mass is 79.9. The summed E-state index contributed by atoms with van der Waals surface area (Å²) in [5, 5.41) is 20.7. The van der Waals surface area contributed by atoms with Crippen LogP contribution < -0.4 is 10.0 Å². The number of halogens is 1. The van der Waals surface area contributed by atoms with E-state index < -0.39 is 15.9 Å². The van der Waals surface area contributed by atoms with Crippen molar-refractivity contribution in [1.29, 1.82) is 0 Å². The molecular weight excluding hydrogens is 538 g/mol. The van der Waals surface area contributed by atoms with E-state index in [4.69, 9.17) is 4.52 Å². The van der Waals surface area contributed by atoms with E-state index in [-0.39, 0.29) is 17.1 Å². The van der Waals surface area contributed by atoms with Gasteiger partial charge in [0.05, 0.1) is 16.8 Å². The van der Waals surface area contributed by atoms with Crippen LogP contribution in [0.4, 0.5) is 11.4 Å². The lowest BCUT2D eigenvalue weighted by atomic mass is 10.1. The average Bonchev–Trinajstić information content (AvgIpc) is 3.50. The third-order valence-electron chi connectivity index (χ3n) is 4.99. The molecule has 5 aromatic rings. The van der Waals surface area contributed by atoms with E-state index in [0.29, 0.717) is 33.6 Å². The summed E-state index contributed by atoms with van der Waals surface area (Å²) in [5.41, 5.74) is 2.25. The standard InChI is InChI=1S/C22H16BrN7O4S/c23-14-6-8-18(16(10-14)21-25-29-30-26-21)24-22(31)20-17-11-15(7-9-19(17)34-27-20)28-35(32,33)12-13-4-2-1-3-5-13/h1-11,28H,12H2,(H,24,31)(H,25,26,29,30). The van der Waals surface area contributed by atoms with Gasteiger partial charge in [0, 0.05) is 15.7 Å². The Morgan fingerprint density at radius 3 is 2.66 bits per heavy atom. The van der Waals surface area contributed by atoms with Crippen LogP contribution in [0, 0.1) is 0 Å². The van der Waals surface area contributed by atoms with Crippen LogP contribution in [0.15, 0.2) is 75.7 Å². The summed E-state index contributed by atoms with van der Waals surface area (Å²) in [6.07, 6.45) is 0. The van der Waals surface area contributed by atoms with Gasteiger partial charge in [-0.25, -0.2) is 13.5 Å². The van der Waals surface area contributed by atoms with Crippen molar-refractivity contribution in [2.45, 2.75) is 5.75 Å². The van der Waals surface area contributed by atoms with Gasteiger partial charge in [-0.15, -0.1) is 5.10 Å². The van der Waals surface area contributed by atoms with Gasteiger partial charge in [0.15, 0.2) is 17.1 Å². The van der Waals surface area contributed by atoms with Crippen molar-refractivity contribution < 1.29 is 17.7 Å². The summed E-state index contributed by atoms with van der Waals surface area (Å²) in [6, 6.07) is 18.6. The molecule has 35 heavy (non-hydrogen) atoms. The Hall–Kier alpha value is -4.10. The predicted molar refractivity (Wildman–Crippen MR) is 132 cm³/mol. The molecule has 0 saturated carbocycles. The van der Waals surface area contributed by atoms with Crippen molar-refractivity contribution in [3.8, 4) is 11.4 Å². The Bertz CT molecular complexity index is 1620. The quantitative estimate of drug-likeness (QED) is 0.273. The second-order valence-corrected chi connectivity index (χ2v) is 10.1. The van der Waals surface area contributed by atoms with Crippen LogP contribution in [0.2, 0.25) is 0 Å². The average molecular weight is 554 g/mol. The maximum absolute atomic E-state index is 13.1. The first kappa shape index (κ1) is 22.7. The van der Waals surface area contributed by atoms with Gasteiger partial charge in [-0.3, -0.25) is 9.52 Å². The number of rotatable bonds is 7. The van der Waals surface area contributed by atoms with Crippen LogP contribution in [0.25, 0.3) is 22.4 Å². The van der Waals surface area contributed by atoms with Crippen LogP contribution >= 0.6 is 15.9 Å². The highest BCUT2D eigenvalue weighted by molar-refractivity contribution is 9.10. The van der Waals surface area contributed by atoms with Gasteiger partial charge < -0.3 is 9.84 Å². The predicted octanol–water partition coefficient (Wildman–Crippen LogP) is 3.96. The van der Waals surface area contributed by atoms with Crippen molar-refractivity contribution in [2.75, 3.05) is 10.0 Å². The second-order valence-electron chi connectivity index (χ2n) is 7.48. The number of hydrogen-bond donors (Lipinski definition) is 3. The number of fused-ring (bicyclic) bond motifs is 1. The van der Waals surface area contributed by atoms with E-state index in [2.05, 4.69) is 51.7 Å². The molecule has 0 fully saturated rings. The third-order valence-corrected chi connectivity index (χ3v) is 6.74. The summed E-state index contributed by atoms with van der Waals surface area (Å²) in [5.74, 6) is -0.378. The van der Waals surface area contributed by atoms with Crippen LogP contribution in [0.3, 0.4) is 0 Å². The van der Waals surface area contributed by atoms with E-state index in [1.807, 2.05) is 6.07 Å². The maximum atomic E-state index is 13.1. The highest BCUT2D eigenvalue weighted by Gasteiger charge is 2.20. The Balaban J connectivity index is 1.41. The first-order chi connectivity index (χ1) is 16.9. The maximum Gasteiger partial charge on any atom is 0.278 e. The molecule has 5 rings (SSSR count). The minimum atomic E-state index is -3.68. The lowest BCUT2D eigenvalue weighted by Crippen LogP contribution is -2.15. The zero-order valence-corrected chi connectivity index (χ0v) is 20.2. The molecule has 176 valence electrons. The normalized spacial score (nSPS) is 11.5. The number of nitrogens with one attached hydrogen (secondary N) is 3. The lowest BCUT2D eigenvalue weighted by molar-refractivity contribution is 0.102. The molecule has 3 aromatic carbocycles. The summed E-state index contributed by atoms with van der Waals surface area (Å²) in [4.78, 5) is 13.1. The van der Waals surface area contributed by atoms with Crippen LogP contribution in [-0.4, -0.2) is 40.1 Å². The fourth-order valence-corrected chi connectivity index (χ4v) is 5.00. The fraction of sp³-hybridized carbons (Fsp3) is 0.0455. The summed E-state index contributed by atoms with van der Waals surface area (Å²) in [7, 11) is -3.68. The number of H-pyrrole nitrogens is 1. The summed E-state index contributed by atoms with van der Waals surface area (Å²) < 4.78 is 33.8. The topological polar surface area (TPSA) is 156 Å². The zero-order valence-electron chi connectivity index (χ0n) is 17.8. The fourth-order valence-electron chi connectivity index (χ4n) is 3.45. The molecule has 13 heteroatoms. The van der Waals surface area contributed by atoms with Gasteiger partial charge in [0.1, 0.15) is 0 Å². The first-order valence-electron chi connectivity index (χ1n) is 10.2. The van der Waals surface area contributed by atoms with Gasteiger partial charge in [-0.05, 0) is 52.4 Å². The highest BCUT2D eigenvalue weighted by Crippen LogP contribution is 2.30. The Morgan fingerprint density at radius 2 is 1.89 bits per heavy atom. The van der Waals surface area contributed by atoms with Gasteiger partial charge in [-0.2, -0.15) is 0 Å². The Morgan fingerprint density at radius 1 is 1.06 bits per heavy atom. The molecule has 1 amide bonds. The van der Waals surface area contributed by atoms with E-state index in [0.717, 1.165) is 4.47 Å². The number of carbonyl (C=O) groups excluding carboxylic acids is 1. The number of nitrogens with zero attached hydrogens (tertiary/aromatic N) is 4. The number of anilines is 2. The largest absolute Gasteiger partial charge is 0.355 e. The van der Waals surface area contributed by atoms with Crippen molar-refractivity contribution in [3.05, 3.63) is 82.5 Å². The Kier molecular flexibility index (Phi) is 6.01. The van der Waals surface area contributed by atoms with Gasteiger partial charge >= 0.3 is 0 Å². The Labute approximate surface area is 207 Å². The molecule has 2 heterocycles. The van der Waals surface area contributed by atoms with E-state index in [9.17, 15) is 13.2 Å². The molecule has 0 aliphatic heterocycles. The molecule has 0 unspecified atom stereocenters. The van der Waals surface area contributed by atoms with Gasteiger partial charge in [-0.1, -0.05) is 51.4 Å². The number of tetrazole rings is 1. The van der Waals surface area contributed by atoms with Crippen LogP contribution in [-0.2, 0) is 15.8 Å². The molecule has 0 radical (unpaired) electrons. The molecule has 2 aromatic heterocycles. The first-order valence-corrected chi connectivity index (χ1v) is 12.6. The number of aromatic amines is 1. The molecule has 0 bridgehead atoms. The van der Waals surface area contributed by atoms with Crippen molar-refractivity contribution >= 4 is 54.2 Å². The third kappa shape index (κ3) is 5.05. The minimum absolute atomic E-state index is 0.00586. The SMILES string of the molecule is O=C(Nc1ccc(Br)cc1-c1nnn[nH]1)c1noc2ccc(NS(=O)(=O)Cc3ccccc3)cc12. The van der Waals surface area contributed by atoms with E-state index >= 15 is 0 Å². The summed E-state index contributed by atoms with van der Waals surface area (Å²) >= 11 is 3.39. The number of benzene rings is 3. The zero-order chi connectivity index (χ0) is 24.4. The molecule has 0 spiro atoms. The number of sulfonamides is 1. The molecule has 0 atom stereocenters. The molecule has 0 saturated heterocycles. The van der Waals surface area contributed by atoms with Crippen LogP contribution in [0.5, 0.6) is 0 Å². The van der Waals surface area contributed by atoms with Gasteiger partial charge in [0.2, 0.25) is 10.0 Å². The number of hydrogen-bond acceptors (Lipinski definition) is 8. The minimum Gasteiger partial charge on any atom is -0.355 e. The van der Waals surface area contributed by atoms with E-state index in [1.54, 1.807) is 54.6 Å². The van der Waals surface area contributed by atoms with Crippen molar-refractivity contribution in [1.82, 2.24) is 25.8 Å². The number of amides is 1. The molecule has 0 aliphatic carbocycles. The smallest absolute Gasteiger partial charge is 0.278 e. The molecule has 3 N–H and O–H groups in total. The summed E-state index contributed by atoms with van der Waals surface area (Å²) in [6.45, 7) is 0. The van der Waals surface area contributed by atoms with Crippen molar-refractivity contribution in [2.24, 2.45) is 0 Å². The van der Waals surface area contributed by atoms with Crippen molar-refractivity contribution in [3.63, 3.8) is 0 Å². The van der Waals surface area contributed by atoms with Gasteiger partial charge in [0.25, 0.3) is 5.91 Å².